The Morgan fingerprint density at radius 1 is 1.42 bits per heavy atom. The fourth-order valence-electron chi connectivity index (χ4n) is 2.10. The van der Waals surface area contributed by atoms with Crippen LogP contribution >= 0.6 is 7.82 Å². The van der Waals surface area contributed by atoms with E-state index < -0.39 is 7.82 Å². The van der Waals surface area contributed by atoms with Crippen LogP contribution in [-0.2, 0) is 18.1 Å². The Balaban J connectivity index is 2.77. The third kappa shape index (κ3) is 4.88. The lowest BCUT2D eigenvalue weighted by atomic mass is 9.84. The quantitative estimate of drug-likeness (QED) is 0.511. The molecule has 4 nitrogen and oxygen atoms in total. The van der Waals surface area contributed by atoms with E-state index in [-0.39, 0.29) is 6.10 Å². The average molecular weight is 288 g/mol. The van der Waals surface area contributed by atoms with Gasteiger partial charge in [0.25, 0.3) is 0 Å². The van der Waals surface area contributed by atoms with Crippen molar-refractivity contribution < 1.29 is 18.1 Å². The summed E-state index contributed by atoms with van der Waals surface area (Å²) in [6.07, 6.45) is 3.64. The van der Waals surface area contributed by atoms with Crippen molar-refractivity contribution in [3.8, 4) is 0 Å². The van der Waals surface area contributed by atoms with Gasteiger partial charge < -0.3 is 0 Å². The van der Waals surface area contributed by atoms with E-state index >= 15 is 0 Å². The second-order valence-electron chi connectivity index (χ2n) is 4.84. The average Bonchev–Trinajstić information content (AvgIpc) is 2.32. The highest BCUT2D eigenvalue weighted by molar-refractivity contribution is 7.48. The monoisotopic (exact) mass is 288 g/mol. The zero-order chi connectivity index (χ0) is 14.5. The molecule has 1 rings (SSSR count). The van der Waals surface area contributed by atoms with Crippen LogP contribution in [-0.4, -0.2) is 19.3 Å². The molecule has 0 N–H and O–H groups in total. The maximum absolute atomic E-state index is 12.4. The van der Waals surface area contributed by atoms with Crippen molar-refractivity contribution in [3.05, 3.63) is 23.8 Å². The molecule has 0 aromatic carbocycles. The molecule has 0 saturated carbocycles. The summed E-state index contributed by atoms with van der Waals surface area (Å²) in [5.74, 6) is 0.366. The van der Waals surface area contributed by atoms with E-state index in [1.54, 1.807) is 13.8 Å². The van der Waals surface area contributed by atoms with Gasteiger partial charge in [0, 0.05) is 0 Å². The van der Waals surface area contributed by atoms with Crippen molar-refractivity contribution in [2.45, 2.75) is 46.6 Å². The van der Waals surface area contributed by atoms with Crippen LogP contribution in [0.15, 0.2) is 23.8 Å². The first-order chi connectivity index (χ1) is 8.91. The van der Waals surface area contributed by atoms with Crippen LogP contribution in [0, 0.1) is 5.92 Å². The second kappa shape index (κ2) is 7.39. The Morgan fingerprint density at radius 3 is 2.47 bits per heavy atom. The minimum absolute atomic E-state index is 0.223. The van der Waals surface area contributed by atoms with E-state index in [0.29, 0.717) is 19.1 Å². The molecule has 19 heavy (non-hydrogen) atoms. The molecule has 0 bridgehead atoms. The summed E-state index contributed by atoms with van der Waals surface area (Å²) in [5, 5.41) is 0. The Hall–Kier alpha value is -0.410. The molecule has 2 atom stereocenters. The second-order valence-corrected chi connectivity index (χ2v) is 6.46. The van der Waals surface area contributed by atoms with E-state index in [1.807, 2.05) is 13.8 Å². The van der Waals surface area contributed by atoms with Crippen molar-refractivity contribution in [2.75, 3.05) is 13.2 Å². The lowest BCUT2D eigenvalue weighted by Crippen LogP contribution is -2.23. The molecule has 1 aliphatic rings. The summed E-state index contributed by atoms with van der Waals surface area (Å²) in [5.41, 5.74) is 2.21. The van der Waals surface area contributed by atoms with Crippen molar-refractivity contribution in [1.82, 2.24) is 0 Å². The minimum atomic E-state index is -3.45. The molecule has 0 fully saturated rings. The van der Waals surface area contributed by atoms with Gasteiger partial charge in [0.2, 0.25) is 0 Å². The number of phosphoric acid groups is 1. The van der Waals surface area contributed by atoms with Crippen LogP contribution in [0.5, 0.6) is 0 Å². The first-order valence-electron chi connectivity index (χ1n) is 6.81. The fraction of sp³-hybridized carbons (Fsp3) is 0.714. The normalized spacial score (nSPS) is 24.1. The summed E-state index contributed by atoms with van der Waals surface area (Å²) in [6, 6.07) is 0. The molecule has 110 valence electrons. The van der Waals surface area contributed by atoms with Crippen LogP contribution in [0.2, 0.25) is 0 Å². The summed E-state index contributed by atoms with van der Waals surface area (Å²) in [6.45, 7) is 12.1. The molecule has 0 heterocycles. The highest BCUT2D eigenvalue weighted by Crippen LogP contribution is 2.52. The van der Waals surface area contributed by atoms with Crippen LogP contribution in [0.4, 0.5) is 0 Å². The van der Waals surface area contributed by atoms with E-state index in [1.165, 1.54) is 0 Å². The predicted octanol–water partition coefficient (Wildman–Crippen LogP) is 4.49. The molecule has 0 unspecified atom stereocenters. The van der Waals surface area contributed by atoms with Gasteiger partial charge in [0.05, 0.1) is 19.3 Å². The van der Waals surface area contributed by atoms with Gasteiger partial charge in [0.15, 0.2) is 0 Å². The van der Waals surface area contributed by atoms with Crippen molar-refractivity contribution in [1.29, 1.82) is 0 Å². The Kier molecular flexibility index (Phi) is 6.48. The van der Waals surface area contributed by atoms with Crippen LogP contribution in [0.1, 0.15) is 40.5 Å². The zero-order valence-corrected chi connectivity index (χ0v) is 13.2. The maximum Gasteiger partial charge on any atom is 0.475 e. The largest absolute Gasteiger partial charge is 0.475 e. The van der Waals surface area contributed by atoms with Gasteiger partial charge in [-0.1, -0.05) is 18.2 Å². The fourth-order valence-corrected chi connectivity index (χ4v) is 3.49. The Labute approximate surface area is 116 Å². The van der Waals surface area contributed by atoms with Gasteiger partial charge in [-0.3, -0.25) is 13.6 Å². The lowest BCUT2D eigenvalue weighted by Gasteiger charge is -2.30. The molecule has 0 spiro atoms. The molecular formula is C14H25O4P. The zero-order valence-electron chi connectivity index (χ0n) is 12.3. The number of hydrogen-bond acceptors (Lipinski definition) is 4. The molecule has 0 aliphatic heterocycles. The molecule has 0 radical (unpaired) electrons. The maximum atomic E-state index is 12.4. The SMILES string of the molecule is C=C(C)[C@@H]1CC=C(C)[C@H](OP(=O)(OCC)OCC)C1. The predicted molar refractivity (Wildman–Crippen MR) is 77.0 cm³/mol. The first-order valence-corrected chi connectivity index (χ1v) is 8.27. The topological polar surface area (TPSA) is 44.8 Å². The lowest BCUT2D eigenvalue weighted by molar-refractivity contribution is 0.0859. The molecule has 0 aromatic heterocycles. The van der Waals surface area contributed by atoms with Gasteiger partial charge >= 0.3 is 7.82 Å². The van der Waals surface area contributed by atoms with E-state index in [4.69, 9.17) is 13.6 Å². The molecule has 0 saturated heterocycles. The number of allylic oxidation sites excluding steroid dienone is 2. The van der Waals surface area contributed by atoms with Gasteiger partial charge in [-0.25, -0.2) is 4.57 Å². The number of rotatable bonds is 7. The summed E-state index contributed by atoms with van der Waals surface area (Å²) < 4.78 is 28.4. The van der Waals surface area contributed by atoms with E-state index in [2.05, 4.69) is 12.7 Å². The first kappa shape index (κ1) is 16.6. The van der Waals surface area contributed by atoms with Gasteiger partial charge in [-0.05, 0) is 52.0 Å². The highest BCUT2D eigenvalue weighted by atomic mass is 31.2. The summed E-state index contributed by atoms with van der Waals surface area (Å²) >= 11 is 0. The Bertz CT molecular complexity index is 379. The standard InChI is InChI=1S/C14H25O4P/c1-6-16-19(15,17-7-2)18-14-10-13(11(3)4)9-8-12(14)5/h8,13-14H,3,6-7,9-10H2,1-2,4-5H3/t13-,14-/m1/s1. The highest BCUT2D eigenvalue weighted by Gasteiger charge is 2.33. The van der Waals surface area contributed by atoms with Crippen LogP contribution in [0.3, 0.4) is 0 Å². The molecule has 5 heteroatoms. The smallest absolute Gasteiger partial charge is 0.287 e. The molecule has 1 aliphatic carbocycles. The summed E-state index contributed by atoms with van der Waals surface area (Å²) in [7, 11) is -3.45. The molecule has 0 amide bonds. The summed E-state index contributed by atoms with van der Waals surface area (Å²) in [4.78, 5) is 0. The van der Waals surface area contributed by atoms with Crippen LogP contribution in [0.25, 0.3) is 0 Å². The van der Waals surface area contributed by atoms with Crippen molar-refractivity contribution in [3.63, 3.8) is 0 Å². The number of hydrogen-bond donors (Lipinski definition) is 0. The third-order valence-corrected chi connectivity index (χ3v) is 4.92. The molecule has 0 aromatic rings. The molecular weight excluding hydrogens is 263 g/mol. The van der Waals surface area contributed by atoms with Crippen molar-refractivity contribution in [2.24, 2.45) is 5.92 Å². The third-order valence-electron chi connectivity index (χ3n) is 3.26. The number of phosphoric ester groups is 1. The van der Waals surface area contributed by atoms with E-state index in [9.17, 15) is 4.57 Å². The van der Waals surface area contributed by atoms with Crippen molar-refractivity contribution >= 4 is 7.82 Å². The van der Waals surface area contributed by atoms with Gasteiger partial charge in [0.1, 0.15) is 0 Å². The van der Waals surface area contributed by atoms with Gasteiger partial charge in [-0.2, -0.15) is 0 Å². The van der Waals surface area contributed by atoms with E-state index in [0.717, 1.165) is 24.0 Å². The Morgan fingerprint density at radius 2 is 2.00 bits per heavy atom. The van der Waals surface area contributed by atoms with Crippen LogP contribution < -0.4 is 0 Å². The minimum Gasteiger partial charge on any atom is -0.287 e. The van der Waals surface area contributed by atoms with Gasteiger partial charge in [-0.15, -0.1) is 0 Å².